The standard InChI is InChI=1S/C20H22N4OS/c1-20(2,3)19-23-22-17-11-10-15(13-24(17)19)26-16-8-6-5-7-14(16)9-12-18(25)21-4/h5-13H,1-4H3,(H,21,25)/b12-9+. The van der Waals surface area contributed by atoms with Crippen LogP contribution in [0.1, 0.15) is 32.2 Å². The molecule has 0 fully saturated rings. The molecular weight excluding hydrogens is 344 g/mol. The Morgan fingerprint density at radius 3 is 2.65 bits per heavy atom. The van der Waals surface area contributed by atoms with Crippen molar-refractivity contribution in [2.45, 2.75) is 36.0 Å². The predicted octanol–water partition coefficient (Wildman–Crippen LogP) is 3.94. The minimum atomic E-state index is -0.120. The van der Waals surface area contributed by atoms with Crippen molar-refractivity contribution in [1.29, 1.82) is 0 Å². The van der Waals surface area contributed by atoms with E-state index >= 15 is 0 Å². The summed E-state index contributed by atoms with van der Waals surface area (Å²) in [6.45, 7) is 6.38. The maximum absolute atomic E-state index is 11.5. The van der Waals surface area contributed by atoms with E-state index in [1.807, 2.05) is 40.8 Å². The van der Waals surface area contributed by atoms with Gasteiger partial charge in [-0.3, -0.25) is 9.20 Å². The van der Waals surface area contributed by atoms with Crippen molar-refractivity contribution < 1.29 is 4.79 Å². The van der Waals surface area contributed by atoms with Crippen molar-refractivity contribution in [3.8, 4) is 0 Å². The van der Waals surface area contributed by atoms with E-state index in [2.05, 4.69) is 48.5 Å². The molecule has 5 nitrogen and oxygen atoms in total. The van der Waals surface area contributed by atoms with E-state index in [0.29, 0.717) is 0 Å². The molecule has 3 rings (SSSR count). The van der Waals surface area contributed by atoms with Crippen LogP contribution in [0.3, 0.4) is 0 Å². The summed E-state index contributed by atoms with van der Waals surface area (Å²) in [4.78, 5) is 13.6. The Morgan fingerprint density at radius 2 is 1.92 bits per heavy atom. The first-order chi connectivity index (χ1) is 12.4. The molecule has 0 bridgehead atoms. The van der Waals surface area contributed by atoms with Gasteiger partial charge in [0, 0.05) is 34.5 Å². The van der Waals surface area contributed by atoms with E-state index < -0.39 is 0 Å². The van der Waals surface area contributed by atoms with Gasteiger partial charge < -0.3 is 5.32 Å². The van der Waals surface area contributed by atoms with Crippen LogP contribution in [0.2, 0.25) is 0 Å². The smallest absolute Gasteiger partial charge is 0.243 e. The van der Waals surface area contributed by atoms with Crippen molar-refractivity contribution in [2.24, 2.45) is 0 Å². The molecule has 0 atom stereocenters. The zero-order chi connectivity index (χ0) is 18.7. The van der Waals surface area contributed by atoms with Crippen LogP contribution in [0.4, 0.5) is 0 Å². The first kappa shape index (κ1) is 18.2. The maximum atomic E-state index is 11.5. The van der Waals surface area contributed by atoms with Gasteiger partial charge in [0.25, 0.3) is 0 Å². The Kier molecular flexibility index (Phi) is 5.13. The predicted molar refractivity (Wildman–Crippen MR) is 105 cm³/mol. The highest BCUT2D eigenvalue weighted by molar-refractivity contribution is 7.99. The third kappa shape index (κ3) is 3.96. The second kappa shape index (κ2) is 7.33. The van der Waals surface area contributed by atoms with Crippen LogP contribution in [0.5, 0.6) is 0 Å². The van der Waals surface area contributed by atoms with Gasteiger partial charge in [-0.2, -0.15) is 0 Å². The molecule has 0 spiro atoms. The van der Waals surface area contributed by atoms with E-state index in [4.69, 9.17) is 0 Å². The molecular formula is C20H22N4OS. The topological polar surface area (TPSA) is 59.3 Å². The Balaban J connectivity index is 1.95. The van der Waals surface area contributed by atoms with Gasteiger partial charge in [0.2, 0.25) is 5.91 Å². The van der Waals surface area contributed by atoms with Crippen molar-refractivity contribution in [2.75, 3.05) is 7.05 Å². The summed E-state index contributed by atoms with van der Waals surface area (Å²) in [6.07, 6.45) is 5.44. The SMILES string of the molecule is CNC(=O)/C=C/c1ccccc1Sc1ccc2nnc(C(C)(C)C)n2c1. The lowest BCUT2D eigenvalue weighted by Gasteiger charge is -2.16. The largest absolute Gasteiger partial charge is 0.356 e. The van der Waals surface area contributed by atoms with Gasteiger partial charge in [-0.25, -0.2) is 0 Å². The van der Waals surface area contributed by atoms with E-state index in [-0.39, 0.29) is 11.3 Å². The second-order valence-electron chi connectivity index (χ2n) is 6.95. The number of aromatic nitrogens is 3. The molecule has 0 aliphatic heterocycles. The fourth-order valence-corrected chi connectivity index (χ4v) is 3.48. The Morgan fingerprint density at radius 1 is 1.15 bits per heavy atom. The zero-order valence-electron chi connectivity index (χ0n) is 15.4. The average Bonchev–Trinajstić information content (AvgIpc) is 3.04. The minimum Gasteiger partial charge on any atom is -0.356 e. The fourth-order valence-electron chi connectivity index (χ4n) is 2.53. The monoisotopic (exact) mass is 366 g/mol. The number of hydrogen-bond donors (Lipinski definition) is 1. The molecule has 26 heavy (non-hydrogen) atoms. The summed E-state index contributed by atoms with van der Waals surface area (Å²) in [5.41, 5.74) is 1.75. The highest BCUT2D eigenvalue weighted by atomic mass is 32.2. The highest BCUT2D eigenvalue weighted by Crippen LogP contribution is 2.32. The Labute approximate surface area is 157 Å². The second-order valence-corrected chi connectivity index (χ2v) is 8.07. The number of carbonyl (C=O) groups excluding carboxylic acids is 1. The van der Waals surface area contributed by atoms with E-state index in [1.165, 1.54) is 0 Å². The third-order valence-corrected chi connectivity index (χ3v) is 4.92. The van der Waals surface area contributed by atoms with Crippen LogP contribution < -0.4 is 5.32 Å². The minimum absolute atomic E-state index is 0.0864. The molecule has 1 N–H and O–H groups in total. The van der Waals surface area contributed by atoms with E-state index in [1.54, 1.807) is 24.9 Å². The van der Waals surface area contributed by atoms with Gasteiger partial charge >= 0.3 is 0 Å². The summed E-state index contributed by atoms with van der Waals surface area (Å²) in [5, 5.41) is 11.2. The Hall–Kier alpha value is -2.60. The van der Waals surface area contributed by atoms with E-state index in [9.17, 15) is 4.79 Å². The summed E-state index contributed by atoms with van der Waals surface area (Å²) >= 11 is 1.65. The summed E-state index contributed by atoms with van der Waals surface area (Å²) < 4.78 is 2.05. The van der Waals surface area contributed by atoms with E-state index in [0.717, 1.165) is 26.8 Å². The van der Waals surface area contributed by atoms with Crippen LogP contribution in [-0.2, 0) is 10.2 Å². The number of rotatable bonds is 4. The fraction of sp³-hybridized carbons (Fsp3) is 0.250. The van der Waals surface area contributed by atoms with Gasteiger partial charge in [0.1, 0.15) is 5.82 Å². The van der Waals surface area contributed by atoms with Gasteiger partial charge in [-0.05, 0) is 29.8 Å². The number of amides is 1. The number of fused-ring (bicyclic) bond motifs is 1. The molecule has 0 radical (unpaired) electrons. The van der Waals surface area contributed by atoms with Crippen molar-refractivity contribution in [3.63, 3.8) is 0 Å². The number of carbonyl (C=O) groups is 1. The van der Waals surface area contributed by atoms with Crippen LogP contribution in [0.15, 0.2) is 58.5 Å². The van der Waals surface area contributed by atoms with Crippen molar-refractivity contribution in [3.05, 3.63) is 60.1 Å². The maximum Gasteiger partial charge on any atom is 0.243 e. The Bertz CT molecular complexity index is 969. The zero-order valence-corrected chi connectivity index (χ0v) is 16.2. The number of hydrogen-bond acceptors (Lipinski definition) is 4. The lowest BCUT2D eigenvalue weighted by molar-refractivity contribution is -0.115. The summed E-state index contributed by atoms with van der Waals surface area (Å²) in [6, 6.07) is 12.0. The number of benzene rings is 1. The molecule has 6 heteroatoms. The first-order valence-electron chi connectivity index (χ1n) is 8.40. The molecule has 1 amide bonds. The third-order valence-electron chi connectivity index (χ3n) is 3.85. The summed E-state index contributed by atoms with van der Waals surface area (Å²) in [7, 11) is 1.62. The first-order valence-corrected chi connectivity index (χ1v) is 9.22. The van der Waals surface area contributed by atoms with Crippen LogP contribution in [-0.4, -0.2) is 27.6 Å². The van der Waals surface area contributed by atoms with Crippen LogP contribution in [0.25, 0.3) is 11.7 Å². The molecule has 0 saturated carbocycles. The van der Waals surface area contributed by atoms with Gasteiger partial charge in [0.05, 0.1) is 0 Å². The highest BCUT2D eigenvalue weighted by Gasteiger charge is 2.20. The number of nitrogens with one attached hydrogen (secondary N) is 1. The van der Waals surface area contributed by atoms with Gasteiger partial charge in [0.15, 0.2) is 5.65 Å². The van der Waals surface area contributed by atoms with Crippen LogP contribution in [0, 0.1) is 0 Å². The molecule has 2 aromatic heterocycles. The number of pyridine rings is 1. The molecule has 2 heterocycles. The lowest BCUT2D eigenvalue weighted by Crippen LogP contribution is -2.15. The summed E-state index contributed by atoms with van der Waals surface area (Å²) in [5.74, 6) is 0.813. The molecule has 0 aliphatic carbocycles. The van der Waals surface area contributed by atoms with Crippen molar-refractivity contribution >= 4 is 29.4 Å². The molecule has 3 aromatic rings. The van der Waals surface area contributed by atoms with Gasteiger partial charge in [-0.15, -0.1) is 10.2 Å². The lowest BCUT2D eigenvalue weighted by atomic mass is 9.96. The quantitative estimate of drug-likeness (QED) is 0.711. The molecule has 0 aliphatic rings. The number of likely N-dealkylation sites (N-methyl/N-ethyl adjacent to an activating group) is 1. The molecule has 134 valence electrons. The van der Waals surface area contributed by atoms with Gasteiger partial charge in [-0.1, -0.05) is 50.7 Å². The average molecular weight is 366 g/mol. The normalized spacial score (nSPS) is 12.0. The van der Waals surface area contributed by atoms with Crippen molar-refractivity contribution in [1.82, 2.24) is 19.9 Å². The van der Waals surface area contributed by atoms with Crippen LogP contribution >= 0.6 is 11.8 Å². The molecule has 0 unspecified atom stereocenters. The molecule has 0 saturated heterocycles. The molecule has 1 aromatic carbocycles. The number of nitrogens with zero attached hydrogens (tertiary/aromatic N) is 3.